The molecule has 2 heterocycles. The molecular formula is C19H20N2O4. The molecule has 2 N–H and O–H groups in total. The second-order valence-corrected chi connectivity index (χ2v) is 6.19. The van der Waals surface area contributed by atoms with Crippen LogP contribution < -0.4 is 5.32 Å². The fourth-order valence-corrected chi connectivity index (χ4v) is 2.70. The Bertz CT molecular complexity index is 878. The van der Waals surface area contributed by atoms with Crippen molar-refractivity contribution in [3.05, 3.63) is 65.4 Å². The van der Waals surface area contributed by atoms with E-state index >= 15 is 0 Å². The Morgan fingerprint density at radius 1 is 1.28 bits per heavy atom. The zero-order valence-corrected chi connectivity index (χ0v) is 14.4. The summed E-state index contributed by atoms with van der Waals surface area (Å²) in [5.74, 6) is 1.30. The van der Waals surface area contributed by atoms with Crippen LogP contribution in [-0.2, 0) is 5.60 Å². The maximum Gasteiger partial charge on any atom is 0.273 e. The van der Waals surface area contributed by atoms with Gasteiger partial charge in [0.1, 0.15) is 23.4 Å². The number of aromatic nitrogens is 1. The van der Waals surface area contributed by atoms with Gasteiger partial charge in [0.2, 0.25) is 5.89 Å². The molecule has 1 amide bonds. The van der Waals surface area contributed by atoms with E-state index in [2.05, 4.69) is 10.3 Å². The Kier molecular flexibility index (Phi) is 4.46. The molecule has 0 spiro atoms. The lowest BCUT2D eigenvalue weighted by Crippen LogP contribution is -2.38. The van der Waals surface area contributed by atoms with Crippen LogP contribution in [0, 0.1) is 13.8 Å². The number of furan rings is 1. The summed E-state index contributed by atoms with van der Waals surface area (Å²) in [7, 11) is 0. The van der Waals surface area contributed by atoms with Gasteiger partial charge in [-0.15, -0.1) is 0 Å². The van der Waals surface area contributed by atoms with Crippen LogP contribution in [0.15, 0.2) is 51.5 Å². The SMILES string of the molecule is Cc1cc(C(C)(O)CNC(=O)c2coc(-c3ccccc3)n2)c(C)o1. The summed E-state index contributed by atoms with van der Waals surface area (Å²) in [6.45, 7) is 5.25. The van der Waals surface area contributed by atoms with Gasteiger partial charge in [0.05, 0.1) is 6.54 Å². The number of aryl methyl sites for hydroxylation is 2. The van der Waals surface area contributed by atoms with Crippen molar-refractivity contribution in [3.63, 3.8) is 0 Å². The van der Waals surface area contributed by atoms with Gasteiger partial charge in [-0.05, 0) is 39.0 Å². The molecule has 25 heavy (non-hydrogen) atoms. The van der Waals surface area contributed by atoms with Crippen molar-refractivity contribution in [2.75, 3.05) is 6.54 Å². The Hall–Kier alpha value is -2.86. The highest BCUT2D eigenvalue weighted by Crippen LogP contribution is 2.26. The van der Waals surface area contributed by atoms with Gasteiger partial charge < -0.3 is 19.3 Å². The number of oxazole rings is 1. The highest BCUT2D eigenvalue weighted by Gasteiger charge is 2.28. The second kappa shape index (κ2) is 6.57. The lowest BCUT2D eigenvalue weighted by atomic mass is 9.96. The molecule has 0 aliphatic carbocycles. The summed E-state index contributed by atoms with van der Waals surface area (Å²) in [6.07, 6.45) is 1.31. The largest absolute Gasteiger partial charge is 0.466 e. The minimum atomic E-state index is -1.25. The summed E-state index contributed by atoms with van der Waals surface area (Å²) in [4.78, 5) is 16.5. The third-order valence-electron chi connectivity index (χ3n) is 3.97. The molecule has 0 bridgehead atoms. The van der Waals surface area contributed by atoms with E-state index in [4.69, 9.17) is 8.83 Å². The maximum absolute atomic E-state index is 12.3. The number of hydrogen-bond donors (Lipinski definition) is 2. The highest BCUT2D eigenvalue weighted by atomic mass is 16.3. The monoisotopic (exact) mass is 340 g/mol. The molecule has 0 saturated carbocycles. The van der Waals surface area contributed by atoms with Gasteiger partial charge in [-0.3, -0.25) is 4.79 Å². The number of nitrogens with one attached hydrogen (secondary N) is 1. The van der Waals surface area contributed by atoms with E-state index < -0.39 is 11.5 Å². The summed E-state index contributed by atoms with van der Waals surface area (Å²) in [5.41, 5.74) is 0.354. The molecule has 2 aromatic heterocycles. The molecular weight excluding hydrogens is 320 g/mol. The van der Waals surface area contributed by atoms with Gasteiger partial charge in [-0.25, -0.2) is 4.98 Å². The molecule has 3 rings (SSSR count). The molecule has 0 fully saturated rings. The molecule has 6 nitrogen and oxygen atoms in total. The van der Waals surface area contributed by atoms with Crippen LogP contribution in [0.4, 0.5) is 0 Å². The smallest absolute Gasteiger partial charge is 0.273 e. The lowest BCUT2D eigenvalue weighted by Gasteiger charge is -2.23. The van der Waals surface area contributed by atoms with Gasteiger partial charge in [0, 0.05) is 11.1 Å². The van der Waals surface area contributed by atoms with E-state index in [1.165, 1.54) is 6.26 Å². The van der Waals surface area contributed by atoms with Crippen molar-refractivity contribution in [2.24, 2.45) is 0 Å². The number of carbonyl (C=O) groups is 1. The van der Waals surface area contributed by atoms with E-state index in [1.54, 1.807) is 19.9 Å². The normalized spacial score (nSPS) is 13.4. The van der Waals surface area contributed by atoms with Gasteiger partial charge in [0.25, 0.3) is 5.91 Å². The number of benzene rings is 1. The lowest BCUT2D eigenvalue weighted by molar-refractivity contribution is 0.0512. The number of nitrogens with zero attached hydrogens (tertiary/aromatic N) is 1. The molecule has 0 saturated heterocycles. The molecule has 3 aromatic rings. The van der Waals surface area contributed by atoms with E-state index in [1.807, 2.05) is 37.3 Å². The predicted octanol–water partition coefficient (Wildman–Crippen LogP) is 3.19. The second-order valence-electron chi connectivity index (χ2n) is 6.19. The van der Waals surface area contributed by atoms with Gasteiger partial charge in [0.15, 0.2) is 5.69 Å². The van der Waals surface area contributed by atoms with E-state index in [0.29, 0.717) is 23.0 Å². The number of carbonyl (C=O) groups excluding carboxylic acids is 1. The van der Waals surface area contributed by atoms with Crippen molar-refractivity contribution in [3.8, 4) is 11.5 Å². The highest BCUT2D eigenvalue weighted by molar-refractivity contribution is 5.92. The quantitative estimate of drug-likeness (QED) is 0.745. The zero-order valence-electron chi connectivity index (χ0n) is 14.4. The average molecular weight is 340 g/mol. The molecule has 1 unspecified atom stereocenters. The molecule has 0 aliphatic rings. The fraction of sp³-hybridized carbons (Fsp3) is 0.263. The number of hydrogen-bond acceptors (Lipinski definition) is 5. The number of rotatable bonds is 5. The van der Waals surface area contributed by atoms with Gasteiger partial charge in [-0.1, -0.05) is 18.2 Å². The van der Waals surface area contributed by atoms with Crippen molar-refractivity contribution < 1.29 is 18.7 Å². The fourth-order valence-electron chi connectivity index (χ4n) is 2.70. The van der Waals surface area contributed by atoms with Crippen LogP contribution in [0.2, 0.25) is 0 Å². The molecule has 6 heteroatoms. The van der Waals surface area contributed by atoms with Crippen molar-refractivity contribution in [1.82, 2.24) is 10.3 Å². The molecule has 1 aromatic carbocycles. The van der Waals surface area contributed by atoms with Crippen LogP contribution in [0.3, 0.4) is 0 Å². The van der Waals surface area contributed by atoms with Crippen LogP contribution in [0.5, 0.6) is 0 Å². The number of aliphatic hydroxyl groups is 1. The molecule has 0 aliphatic heterocycles. The first-order valence-electron chi connectivity index (χ1n) is 7.96. The Morgan fingerprint density at radius 2 is 2.00 bits per heavy atom. The van der Waals surface area contributed by atoms with Crippen LogP contribution in [0.1, 0.15) is 34.5 Å². The summed E-state index contributed by atoms with van der Waals surface area (Å²) in [5, 5.41) is 13.3. The standard InChI is InChI=1S/C19H20N2O4/c1-12-9-15(13(2)25-12)19(3,23)11-20-17(22)16-10-24-18(21-16)14-7-5-4-6-8-14/h4-10,23H,11H2,1-3H3,(H,20,22). The van der Waals surface area contributed by atoms with E-state index in [9.17, 15) is 9.90 Å². The third kappa shape index (κ3) is 3.64. The molecule has 130 valence electrons. The maximum atomic E-state index is 12.3. The van der Waals surface area contributed by atoms with Crippen LogP contribution in [-0.4, -0.2) is 22.5 Å². The summed E-state index contributed by atoms with van der Waals surface area (Å²) >= 11 is 0. The Balaban J connectivity index is 1.69. The van der Waals surface area contributed by atoms with Crippen molar-refractivity contribution in [1.29, 1.82) is 0 Å². The van der Waals surface area contributed by atoms with E-state index in [0.717, 1.165) is 5.56 Å². The zero-order chi connectivity index (χ0) is 18.0. The first-order chi connectivity index (χ1) is 11.9. The minimum absolute atomic E-state index is 0.0270. The van der Waals surface area contributed by atoms with Gasteiger partial charge in [-0.2, -0.15) is 0 Å². The Labute approximate surface area is 145 Å². The number of amides is 1. The summed E-state index contributed by atoms with van der Waals surface area (Å²) in [6, 6.07) is 11.1. The van der Waals surface area contributed by atoms with Crippen molar-refractivity contribution >= 4 is 5.91 Å². The molecule has 1 atom stereocenters. The minimum Gasteiger partial charge on any atom is -0.466 e. The van der Waals surface area contributed by atoms with Crippen molar-refractivity contribution in [2.45, 2.75) is 26.4 Å². The first-order valence-corrected chi connectivity index (χ1v) is 7.96. The first kappa shape index (κ1) is 17.0. The third-order valence-corrected chi connectivity index (χ3v) is 3.97. The predicted molar refractivity (Wildman–Crippen MR) is 92.0 cm³/mol. The van der Waals surface area contributed by atoms with E-state index in [-0.39, 0.29) is 12.2 Å². The van der Waals surface area contributed by atoms with Crippen LogP contribution in [0.25, 0.3) is 11.5 Å². The Morgan fingerprint density at radius 3 is 2.64 bits per heavy atom. The molecule has 0 radical (unpaired) electrons. The van der Waals surface area contributed by atoms with Crippen LogP contribution >= 0.6 is 0 Å². The van der Waals surface area contributed by atoms with Gasteiger partial charge >= 0.3 is 0 Å². The topological polar surface area (TPSA) is 88.5 Å². The average Bonchev–Trinajstić information content (AvgIpc) is 3.20. The summed E-state index contributed by atoms with van der Waals surface area (Å²) < 4.78 is 10.8.